The molecule has 2 heterocycles. The molecule has 0 atom stereocenters. The fourth-order valence-electron chi connectivity index (χ4n) is 8.70. The quantitative estimate of drug-likeness (QED) is 0.177. The number of hydrogen-bond donors (Lipinski definition) is 0. The van der Waals surface area contributed by atoms with Gasteiger partial charge >= 0.3 is 0 Å². The molecule has 8 aromatic carbocycles. The molecule has 1 aliphatic heterocycles. The number of nitrogens with zero attached hydrogens (tertiary/aromatic N) is 3. The van der Waals surface area contributed by atoms with E-state index in [2.05, 4.69) is 164 Å². The van der Waals surface area contributed by atoms with Crippen molar-refractivity contribution in [3.63, 3.8) is 0 Å². The van der Waals surface area contributed by atoms with Gasteiger partial charge in [-0.3, -0.25) is 0 Å². The van der Waals surface area contributed by atoms with Crippen molar-refractivity contribution in [1.82, 2.24) is 15.0 Å². The summed E-state index contributed by atoms with van der Waals surface area (Å²) >= 11 is 1.88. The first-order chi connectivity index (χ1) is 27.8. The van der Waals surface area contributed by atoms with Crippen LogP contribution in [0.15, 0.2) is 210 Å². The fraction of sp³-hybridized carbons (Fsp3) is 0.0192. The Hall–Kier alpha value is -6.88. The first-order valence-electron chi connectivity index (χ1n) is 18.9. The summed E-state index contributed by atoms with van der Waals surface area (Å²) in [6, 6.07) is 71.5. The van der Waals surface area contributed by atoms with Crippen molar-refractivity contribution in [2.45, 2.75) is 15.2 Å². The van der Waals surface area contributed by atoms with Crippen LogP contribution in [0.2, 0.25) is 0 Å². The van der Waals surface area contributed by atoms with Gasteiger partial charge in [0.2, 0.25) is 0 Å². The molecule has 0 unspecified atom stereocenters. The van der Waals surface area contributed by atoms with E-state index >= 15 is 0 Å². The predicted octanol–water partition coefficient (Wildman–Crippen LogP) is 13.0. The van der Waals surface area contributed by atoms with Gasteiger partial charge < -0.3 is 0 Å². The van der Waals surface area contributed by atoms with Gasteiger partial charge in [0.1, 0.15) is 0 Å². The van der Waals surface area contributed by atoms with Crippen LogP contribution in [-0.4, -0.2) is 15.0 Å². The van der Waals surface area contributed by atoms with Gasteiger partial charge in [0.25, 0.3) is 0 Å². The molecule has 11 rings (SSSR count). The molecule has 0 saturated carbocycles. The van der Waals surface area contributed by atoms with Crippen LogP contribution in [0.5, 0.6) is 0 Å². The summed E-state index contributed by atoms with van der Waals surface area (Å²) in [5.74, 6) is 1.94. The fourth-order valence-corrected chi connectivity index (χ4v) is 10.0. The highest BCUT2D eigenvalue weighted by Crippen LogP contribution is 2.63. The van der Waals surface area contributed by atoms with Crippen LogP contribution >= 0.6 is 11.8 Å². The minimum atomic E-state index is -0.408. The van der Waals surface area contributed by atoms with Crippen molar-refractivity contribution in [3.05, 3.63) is 222 Å². The van der Waals surface area contributed by atoms with E-state index in [1.165, 1.54) is 54.3 Å². The Kier molecular flexibility index (Phi) is 7.64. The highest BCUT2D eigenvalue weighted by Gasteiger charge is 2.50. The molecule has 1 spiro atoms. The zero-order chi connectivity index (χ0) is 37.1. The van der Waals surface area contributed by atoms with Crippen LogP contribution in [0.1, 0.15) is 22.3 Å². The van der Waals surface area contributed by atoms with E-state index < -0.39 is 5.41 Å². The number of rotatable bonds is 5. The van der Waals surface area contributed by atoms with Crippen LogP contribution in [-0.2, 0) is 5.41 Å². The Morgan fingerprint density at radius 1 is 0.286 bits per heavy atom. The minimum Gasteiger partial charge on any atom is -0.208 e. The molecular weight excluding hydrogens is 699 g/mol. The zero-order valence-corrected chi connectivity index (χ0v) is 31.1. The van der Waals surface area contributed by atoms with E-state index in [1.807, 2.05) is 48.2 Å². The maximum atomic E-state index is 5.06. The summed E-state index contributed by atoms with van der Waals surface area (Å²) in [6.07, 6.45) is 0. The lowest BCUT2D eigenvalue weighted by atomic mass is 9.67. The Morgan fingerprint density at radius 3 is 1.27 bits per heavy atom. The van der Waals surface area contributed by atoms with Crippen molar-refractivity contribution in [2.24, 2.45) is 0 Å². The molecule has 1 aromatic heterocycles. The summed E-state index contributed by atoms with van der Waals surface area (Å²) in [7, 11) is 0. The van der Waals surface area contributed by atoms with E-state index in [-0.39, 0.29) is 0 Å². The molecule has 1 aliphatic carbocycles. The van der Waals surface area contributed by atoms with Crippen molar-refractivity contribution in [3.8, 4) is 67.5 Å². The van der Waals surface area contributed by atoms with Crippen LogP contribution in [0, 0.1) is 0 Å². The molecule has 0 N–H and O–H groups in total. The number of benzene rings is 8. The van der Waals surface area contributed by atoms with Gasteiger partial charge in [-0.25, -0.2) is 15.0 Å². The van der Waals surface area contributed by atoms with Gasteiger partial charge in [-0.15, -0.1) is 0 Å². The van der Waals surface area contributed by atoms with Crippen LogP contribution in [0.25, 0.3) is 67.5 Å². The van der Waals surface area contributed by atoms with Crippen molar-refractivity contribution in [1.29, 1.82) is 0 Å². The average Bonchev–Trinajstić information content (AvgIpc) is 3.57. The average molecular weight is 732 g/mol. The summed E-state index contributed by atoms with van der Waals surface area (Å²) in [5.41, 5.74) is 15.1. The van der Waals surface area contributed by atoms with E-state index in [9.17, 15) is 0 Å². The molecular formula is C52H33N3S. The van der Waals surface area contributed by atoms with E-state index in [4.69, 9.17) is 15.0 Å². The topological polar surface area (TPSA) is 38.7 Å². The van der Waals surface area contributed by atoms with E-state index in [0.717, 1.165) is 27.8 Å². The molecule has 0 radical (unpaired) electrons. The third kappa shape index (κ3) is 5.10. The Bertz CT molecular complexity index is 2880. The smallest absolute Gasteiger partial charge is 0.164 e. The Labute approximate surface area is 330 Å². The highest BCUT2D eigenvalue weighted by atomic mass is 32.2. The normalized spacial score (nSPS) is 13.1. The second-order valence-corrected chi connectivity index (χ2v) is 15.4. The lowest BCUT2D eigenvalue weighted by molar-refractivity contribution is 0.723. The van der Waals surface area contributed by atoms with Crippen LogP contribution < -0.4 is 0 Å². The highest BCUT2D eigenvalue weighted by molar-refractivity contribution is 7.99. The van der Waals surface area contributed by atoms with Crippen molar-refractivity contribution in [2.75, 3.05) is 0 Å². The largest absolute Gasteiger partial charge is 0.208 e. The number of hydrogen-bond acceptors (Lipinski definition) is 4. The van der Waals surface area contributed by atoms with Crippen LogP contribution in [0.3, 0.4) is 0 Å². The lowest BCUT2D eigenvalue weighted by Gasteiger charge is -2.40. The van der Waals surface area contributed by atoms with Crippen molar-refractivity contribution >= 4 is 11.8 Å². The molecule has 0 amide bonds. The second-order valence-electron chi connectivity index (χ2n) is 14.3. The number of aromatic nitrogens is 3. The van der Waals surface area contributed by atoms with Gasteiger partial charge in [-0.05, 0) is 61.7 Å². The molecule has 3 nitrogen and oxygen atoms in total. The summed E-state index contributed by atoms with van der Waals surface area (Å²) in [4.78, 5) is 17.6. The Balaban J connectivity index is 1.02. The Morgan fingerprint density at radius 2 is 0.679 bits per heavy atom. The van der Waals surface area contributed by atoms with Gasteiger partial charge in [0.05, 0.1) is 5.41 Å². The standard InChI is InChI=1S/C52H33N3S/c1-3-14-34(15-4-1)35-26-30-38(31-27-35)50-53-49(37-16-5-2-6-17-37)54-51(55-50)39-32-28-36(29-33-39)40-20-13-24-46-48(40)56-47-25-12-11-23-45(47)52(46)43-21-9-7-18-41(43)42-19-8-10-22-44(42)52/h1-33H. The van der Waals surface area contributed by atoms with Gasteiger partial charge in [0.15, 0.2) is 17.5 Å². The predicted molar refractivity (Wildman–Crippen MR) is 228 cm³/mol. The zero-order valence-electron chi connectivity index (χ0n) is 30.3. The van der Waals surface area contributed by atoms with Gasteiger partial charge in [0, 0.05) is 26.5 Å². The summed E-state index contributed by atoms with van der Waals surface area (Å²) < 4.78 is 0. The first kappa shape index (κ1) is 32.5. The molecule has 9 aromatic rings. The molecule has 4 heteroatoms. The summed E-state index contributed by atoms with van der Waals surface area (Å²) in [6.45, 7) is 0. The first-order valence-corrected chi connectivity index (χ1v) is 19.8. The van der Waals surface area contributed by atoms with E-state index in [0.29, 0.717) is 17.5 Å². The molecule has 2 aliphatic rings. The molecule has 56 heavy (non-hydrogen) atoms. The van der Waals surface area contributed by atoms with Crippen molar-refractivity contribution < 1.29 is 0 Å². The second kappa shape index (κ2) is 13.2. The monoisotopic (exact) mass is 731 g/mol. The van der Waals surface area contributed by atoms with Crippen LogP contribution in [0.4, 0.5) is 0 Å². The lowest BCUT2D eigenvalue weighted by Crippen LogP contribution is -2.32. The van der Waals surface area contributed by atoms with Gasteiger partial charge in [-0.2, -0.15) is 0 Å². The minimum absolute atomic E-state index is 0.408. The van der Waals surface area contributed by atoms with Gasteiger partial charge in [-0.1, -0.05) is 206 Å². The number of fused-ring (bicyclic) bond motifs is 9. The molecule has 0 saturated heterocycles. The van der Waals surface area contributed by atoms with E-state index in [1.54, 1.807) is 0 Å². The SMILES string of the molecule is c1ccc(-c2ccc(-c3nc(-c4ccccc4)nc(-c4ccc(-c5cccc6c5Sc5ccccc5C65c6ccccc6-c6ccccc65)cc4)n3)cc2)cc1. The maximum absolute atomic E-state index is 5.06. The molecule has 0 fully saturated rings. The molecule has 262 valence electrons. The maximum Gasteiger partial charge on any atom is 0.164 e. The summed E-state index contributed by atoms with van der Waals surface area (Å²) in [5, 5.41) is 0. The molecule has 0 bridgehead atoms. The third-order valence-electron chi connectivity index (χ3n) is 11.2. The third-order valence-corrected chi connectivity index (χ3v) is 12.5.